The first-order chi connectivity index (χ1) is 11.7. The zero-order valence-electron chi connectivity index (χ0n) is 13.1. The van der Waals surface area contributed by atoms with Crippen LogP contribution in [0.4, 0.5) is 0 Å². The van der Waals surface area contributed by atoms with Crippen molar-refractivity contribution in [3.8, 4) is 28.8 Å². The number of benzene rings is 2. The van der Waals surface area contributed by atoms with Gasteiger partial charge < -0.3 is 9.73 Å². The second kappa shape index (κ2) is 6.80. The van der Waals surface area contributed by atoms with Gasteiger partial charge >= 0.3 is 0 Å². The fraction of sp³-hybridized carbons (Fsp3) is 0.105. The molecule has 0 aliphatic rings. The Morgan fingerprint density at radius 1 is 1.12 bits per heavy atom. The van der Waals surface area contributed by atoms with Crippen molar-refractivity contribution in [2.75, 3.05) is 6.54 Å². The monoisotopic (exact) mass is 317 g/mol. The Balaban J connectivity index is 2.08. The van der Waals surface area contributed by atoms with E-state index in [0.717, 1.165) is 5.56 Å². The SMILES string of the molecule is CCNC(=O)c1nc(-c2ccc(C#N)cc2)oc1-c1ccccc1. The number of amides is 1. The number of carbonyl (C=O) groups excluding carboxylic acids is 1. The maximum atomic E-state index is 12.3. The highest BCUT2D eigenvalue weighted by Crippen LogP contribution is 2.29. The minimum Gasteiger partial charge on any atom is -0.435 e. The Bertz CT molecular complexity index is 891. The molecule has 0 fully saturated rings. The number of rotatable bonds is 4. The van der Waals surface area contributed by atoms with E-state index >= 15 is 0 Å². The number of oxazole rings is 1. The van der Waals surface area contributed by atoms with E-state index in [4.69, 9.17) is 9.68 Å². The van der Waals surface area contributed by atoms with Gasteiger partial charge in [-0.3, -0.25) is 4.79 Å². The van der Waals surface area contributed by atoms with Crippen LogP contribution in [0, 0.1) is 11.3 Å². The van der Waals surface area contributed by atoms with Gasteiger partial charge in [-0.15, -0.1) is 0 Å². The molecule has 0 spiro atoms. The minimum atomic E-state index is -0.278. The van der Waals surface area contributed by atoms with E-state index in [-0.39, 0.29) is 11.6 Å². The van der Waals surface area contributed by atoms with Crippen LogP contribution >= 0.6 is 0 Å². The van der Waals surface area contributed by atoms with Crippen LogP contribution < -0.4 is 5.32 Å². The highest BCUT2D eigenvalue weighted by molar-refractivity contribution is 5.98. The third-order valence-electron chi connectivity index (χ3n) is 3.48. The van der Waals surface area contributed by atoms with Gasteiger partial charge in [-0.2, -0.15) is 5.26 Å². The molecule has 0 aliphatic carbocycles. The van der Waals surface area contributed by atoms with Crippen molar-refractivity contribution >= 4 is 5.91 Å². The Morgan fingerprint density at radius 2 is 1.83 bits per heavy atom. The molecule has 1 heterocycles. The van der Waals surface area contributed by atoms with E-state index in [9.17, 15) is 4.79 Å². The molecular weight excluding hydrogens is 302 g/mol. The Hall–Kier alpha value is -3.39. The van der Waals surface area contributed by atoms with E-state index in [0.29, 0.717) is 29.3 Å². The molecule has 2 aromatic carbocycles. The fourth-order valence-electron chi connectivity index (χ4n) is 2.31. The minimum absolute atomic E-state index is 0.252. The molecule has 5 heteroatoms. The summed E-state index contributed by atoms with van der Waals surface area (Å²) in [7, 11) is 0. The number of nitrogens with one attached hydrogen (secondary N) is 1. The van der Waals surface area contributed by atoms with Gasteiger partial charge in [-0.1, -0.05) is 30.3 Å². The molecule has 0 bridgehead atoms. The molecule has 0 radical (unpaired) electrons. The topological polar surface area (TPSA) is 78.9 Å². The molecule has 1 amide bonds. The maximum absolute atomic E-state index is 12.3. The third-order valence-corrected chi connectivity index (χ3v) is 3.48. The largest absolute Gasteiger partial charge is 0.435 e. The average Bonchev–Trinajstić information content (AvgIpc) is 3.08. The zero-order chi connectivity index (χ0) is 16.9. The fourth-order valence-corrected chi connectivity index (χ4v) is 2.31. The smallest absolute Gasteiger partial charge is 0.273 e. The molecule has 0 aliphatic heterocycles. The summed E-state index contributed by atoms with van der Waals surface area (Å²) in [5, 5.41) is 11.6. The predicted octanol–water partition coefficient (Wildman–Crippen LogP) is 3.63. The second-order valence-corrected chi connectivity index (χ2v) is 5.11. The summed E-state index contributed by atoms with van der Waals surface area (Å²) >= 11 is 0. The first-order valence-corrected chi connectivity index (χ1v) is 7.58. The Kier molecular flexibility index (Phi) is 4.39. The average molecular weight is 317 g/mol. The third kappa shape index (κ3) is 3.03. The van der Waals surface area contributed by atoms with Gasteiger partial charge in [0.15, 0.2) is 11.5 Å². The number of hydrogen-bond donors (Lipinski definition) is 1. The summed E-state index contributed by atoms with van der Waals surface area (Å²) in [6.07, 6.45) is 0. The standard InChI is InChI=1S/C19H15N3O2/c1-2-21-18(23)16-17(14-6-4-3-5-7-14)24-19(22-16)15-10-8-13(12-20)9-11-15/h3-11H,2H2,1H3,(H,21,23). The van der Waals surface area contributed by atoms with E-state index in [1.807, 2.05) is 37.3 Å². The van der Waals surface area contributed by atoms with Crippen molar-refractivity contribution in [3.05, 3.63) is 65.9 Å². The summed E-state index contributed by atoms with van der Waals surface area (Å²) in [4.78, 5) is 16.7. The van der Waals surface area contributed by atoms with Crippen LogP contribution in [0.1, 0.15) is 23.0 Å². The van der Waals surface area contributed by atoms with Crippen LogP contribution in [0.3, 0.4) is 0 Å². The summed E-state index contributed by atoms with van der Waals surface area (Å²) < 4.78 is 5.87. The van der Waals surface area contributed by atoms with Crippen LogP contribution in [0.2, 0.25) is 0 Å². The van der Waals surface area contributed by atoms with Crippen LogP contribution in [0.15, 0.2) is 59.0 Å². The number of carbonyl (C=O) groups is 1. The number of hydrogen-bond acceptors (Lipinski definition) is 4. The molecule has 3 rings (SSSR count). The van der Waals surface area contributed by atoms with Crippen molar-refractivity contribution in [1.29, 1.82) is 5.26 Å². The normalized spacial score (nSPS) is 10.2. The molecule has 0 saturated heterocycles. The van der Waals surface area contributed by atoms with Crippen molar-refractivity contribution in [2.24, 2.45) is 0 Å². The van der Waals surface area contributed by atoms with Crippen LogP contribution in [-0.2, 0) is 0 Å². The highest BCUT2D eigenvalue weighted by atomic mass is 16.4. The maximum Gasteiger partial charge on any atom is 0.273 e. The van der Waals surface area contributed by atoms with E-state index in [1.165, 1.54) is 0 Å². The Labute approximate surface area is 139 Å². The molecule has 118 valence electrons. The summed E-state index contributed by atoms with van der Waals surface area (Å²) in [5.41, 5.74) is 2.30. The van der Waals surface area contributed by atoms with Crippen molar-refractivity contribution in [1.82, 2.24) is 10.3 Å². The second-order valence-electron chi connectivity index (χ2n) is 5.11. The molecule has 1 aromatic heterocycles. The lowest BCUT2D eigenvalue weighted by atomic mass is 10.1. The molecule has 24 heavy (non-hydrogen) atoms. The zero-order valence-corrected chi connectivity index (χ0v) is 13.1. The molecule has 3 aromatic rings. The predicted molar refractivity (Wildman–Crippen MR) is 90.1 cm³/mol. The molecule has 0 unspecified atom stereocenters. The molecular formula is C19H15N3O2. The lowest BCUT2D eigenvalue weighted by molar-refractivity contribution is 0.0951. The molecule has 1 N–H and O–H groups in total. The van der Waals surface area contributed by atoms with Gasteiger partial charge in [0.05, 0.1) is 11.6 Å². The van der Waals surface area contributed by atoms with Crippen molar-refractivity contribution in [3.63, 3.8) is 0 Å². The number of aromatic nitrogens is 1. The first kappa shape index (κ1) is 15.5. The van der Waals surface area contributed by atoms with Crippen LogP contribution in [0.25, 0.3) is 22.8 Å². The van der Waals surface area contributed by atoms with Gasteiger partial charge in [-0.05, 0) is 31.2 Å². The van der Waals surface area contributed by atoms with Gasteiger partial charge in [-0.25, -0.2) is 4.98 Å². The number of nitrogens with zero attached hydrogens (tertiary/aromatic N) is 2. The molecule has 0 atom stereocenters. The number of nitriles is 1. The molecule has 0 saturated carbocycles. The Morgan fingerprint density at radius 3 is 2.46 bits per heavy atom. The van der Waals surface area contributed by atoms with Crippen LogP contribution in [-0.4, -0.2) is 17.4 Å². The lowest BCUT2D eigenvalue weighted by Crippen LogP contribution is -2.23. The van der Waals surface area contributed by atoms with Gasteiger partial charge in [0.2, 0.25) is 5.89 Å². The quantitative estimate of drug-likeness (QED) is 0.797. The summed E-state index contributed by atoms with van der Waals surface area (Å²) in [5.74, 6) is 0.500. The lowest BCUT2D eigenvalue weighted by Gasteiger charge is -2.01. The van der Waals surface area contributed by atoms with E-state index in [2.05, 4.69) is 16.4 Å². The highest BCUT2D eigenvalue weighted by Gasteiger charge is 2.21. The van der Waals surface area contributed by atoms with Gasteiger partial charge in [0, 0.05) is 17.7 Å². The summed E-state index contributed by atoms with van der Waals surface area (Å²) in [6.45, 7) is 2.35. The van der Waals surface area contributed by atoms with E-state index in [1.54, 1.807) is 24.3 Å². The van der Waals surface area contributed by atoms with Crippen LogP contribution in [0.5, 0.6) is 0 Å². The molecule has 5 nitrogen and oxygen atoms in total. The van der Waals surface area contributed by atoms with Gasteiger partial charge in [0.25, 0.3) is 5.91 Å². The van der Waals surface area contributed by atoms with Gasteiger partial charge in [0.1, 0.15) is 0 Å². The summed E-state index contributed by atoms with van der Waals surface area (Å²) in [6, 6.07) is 18.3. The van der Waals surface area contributed by atoms with Crippen molar-refractivity contribution in [2.45, 2.75) is 6.92 Å². The van der Waals surface area contributed by atoms with E-state index < -0.39 is 0 Å². The van der Waals surface area contributed by atoms with Crippen molar-refractivity contribution < 1.29 is 9.21 Å². The first-order valence-electron chi connectivity index (χ1n) is 7.58.